The summed E-state index contributed by atoms with van der Waals surface area (Å²) in [5, 5.41) is 2.58. The van der Waals surface area contributed by atoms with E-state index in [-0.39, 0.29) is 30.4 Å². The molecule has 4 rings (SSSR count). The number of methoxy groups -OCH3 is 1. The SMILES string of the molecule is COc1cc2c(cc1C(F)(F)F)N(C(=O)Nc1cc(F)cc(-c3ccc[n+](COC(C)=O)c3)c1)CC2. The lowest BCUT2D eigenvalue weighted by Crippen LogP contribution is -2.35. The molecule has 2 heterocycles. The summed E-state index contributed by atoms with van der Waals surface area (Å²) in [6.07, 6.45) is -1.00. The van der Waals surface area contributed by atoms with Crippen LogP contribution in [0.1, 0.15) is 18.1 Å². The molecule has 3 aromatic rings. The highest BCUT2D eigenvalue weighted by molar-refractivity contribution is 6.03. The van der Waals surface area contributed by atoms with Gasteiger partial charge in [-0.3, -0.25) is 9.69 Å². The molecule has 1 aliphatic rings. The Hall–Kier alpha value is -4.15. The first-order chi connectivity index (χ1) is 17.0. The Morgan fingerprint density at radius 1 is 1.14 bits per heavy atom. The van der Waals surface area contributed by atoms with Gasteiger partial charge >= 0.3 is 18.2 Å². The maximum Gasteiger partial charge on any atom is 0.420 e. The van der Waals surface area contributed by atoms with Gasteiger partial charge in [0.15, 0.2) is 12.4 Å². The van der Waals surface area contributed by atoms with Crippen molar-refractivity contribution in [3.05, 3.63) is 71.8 Å². The molecule has 188 valence electrons. The van der Waals surface area contributed by atoms with E-state index in [0.29, 0.717) is 23.1 Å². The number of rotatable bonds is 5. The van der Waals surface area contributed by atoms with Gasteiger partial charge in [-0.05, 0) is 53.9 Å². The molecule has 1 aromatic heterocycles. The van der Waals surface area contributed by atoms with E-state index in [2.05, 4.69) is 5.32 Å². The minimum Gasteiger partial charge on any atom is -0.496 e. The van der Waals surface area contributed by atoms with Gasteiger partial charge in [0.05, 0.1) is 12.7 Å². The van der Waals surface area contributed by atoms with Gasteiger partial charge in [-0.15, -0.1) is 0 Å². The number of aromatic nitrogens is 1. The molecule has 0 radical (unpaired) electrons. The second-order valence-corrected chi connectivity index (χ2v) is 8.11. The maximum absolute atomic E-state index is 14.4. The highest BCUT2D eigenvalue weighted by Gasteiger charge is 2.37. The summed E-state index contributed by atoms with van der Waals surface area (Å²) >= 11 is 0. The Labute approximate surface area is 203 Å². The zero-order valence-corrected chi connectivity index (χ0v) is 19.4. The van der Waals surface area contributed by atoms with Gasteiger partial charge in [0, 0.05) is 36.5 Å². The van der Waals surface area contributed by atoms with Crippen molar-refractivity contribution < 1.29 is 41.2 Å². The summed E-state index contributed by atoms with van der Waals surface area (Å²) in [6, 6.07) is 8.82. The van der Waals surface area contributed by atoms with E-state index in [0.717, 1.165) is 19.2 Å². The minimum absolute atomic E-state index is 0.0266. The van der Waals surface area contributed by atoms with Crippen molar-refractivity contribution >= 4 is 23.4 Å². The van der Waals surface area contributed by atoms with Crippen LogP contribution in [0.3, 0.4) is 0 Å². The summed E-state index contributed by atoms with van der Waals surface area (Å²) in [5.41, 5.74) is 0.830. The zero-order chi connectivity index (χ0) is 26.0. The molecule has 0 unspecified atom stereocenters. The van der Waals surface area contributed by atoms with Crippen LogP contribution >= 0.6 is 0 Å². The van der Waals surface area contributed by atoms with Gasteiger partial charge in [0.2, 0.25) is 0 Å². The van der Waals surface area contributed by atoms with E-state index < -0.39 is 29.6 Å². The molecule has 0 bridgehead atoms. The van der Waals surface area contributed by atoms with E-state index in [1.54, 1.807) is 35.2 Å². The zero-order valence-electron chi connectivity index (χ0n) is 19.4. The number of benzene rings is 2. The fourth-order valence-corrected chi connectivity index (χ4v) is 3.97. The van der Waals surface area contributed by atoms with E-state index in [1.165, 1.54) is 24.0 Å². The third-order valence-electron chi connectivity index (χ3n) is 5.60. The number of carbonyl (C=O) groups excluding carboxylic acids is 2. The molecule has 1 aliphatic heterocycles. The summed E-state index contributed by atoms with van der Waals surface area (Å²) in [4.78, 5) is 25.2. The van der Waals surface area contributed by atoms with Gasteiger partial charge in [-0.2, -0.15) is 17.7 Å². The summed E-state index contributed by atoms with van der Waals surface area (Å²) < 4.78 is 66.3. The van der Waals surface area contributed by atoms with E-state index in [1.807, 2.05) is 0 Å². The van der Waals surface area contributed by atoms with Crippen molar-refractivity contribution in [2.24, 2.45) is 0 Å². The number of ether oxygens (including phenoxy) is 2. The average Bonchev–Trinajstić information content (AvgIpc) is 3.24. The van der Waals surface area contributed by atoms with E-state index in [9.17, 15) is 27.2 Å². The minimum atomic E-state index is -4.66. The van der Waals surface area contributed by atoms with Crippen LogP contribution in [0.4, 0.5) is 33.7 Å². The Balaban J connectivity index is 1.58. The molecule has 1 N–H and O–H groups in total. The highest BCUT2D eigenvalue weighted by Crippen LogP contribution is 2.42. The Morgan fingerprint density at radius 3 is 2.61 bits per heavy atom. The third-order valence-corrected chi connectivity index (χ3v) is 5.60. The molecule has 0 aliphatic carbocycles. The van der Waals surface area contributed by atoms with Crippen LogP contribution in [0, 0.1) is 5.82 Å². The van der Waals surface area contributed by atoms with E-state index in [4.69, 9.17) is 9.47 Å². The number of carbonyl (C=O) groups is 2. The number of hydrogen-bond acceptors (Lipinski definition) is 4. The third kappa shape index (κ3) is 5.40. The number of amides is 2. The number of urea groups is 1. The van der Waals surface area contributed by atoms with Crippen molar-refractivity contribution in [2.75, 3.05) is 23.9 Å². The second-order valence-electron chi connectivity index (χ2n) is 8.11. The molecule has 36 heavy (non-hydrogen) atoms. The number of esters is 1. The Morgan fingerprint density at radius 2 is 1.92 bits per heavy atom. The van der Waals surface area contributed by atoms with E-state index >= 15 is 0 Å². The molecule has 0 saturated heterocycles. The second kappa shape index (κ2) is 9.84. The van der Waals surface area contributed by atoms with Crippen LogP contribution in [0.15, 0.2) is 54.9 Å². The smallest absolute Gasteiger partial charge is 0.420 e. The predicted molar refractivity (Wildman–Crippen MR) is 122 cm³/mol. The lowest BCUT2D eigenvalue weighted by molar-refractivity contribution is -0.727. The molecule has 11 heteroatoms. The molecule has 0 fully saturated rings. The van der Waals surface area contributed by atoms with Crippen molar-refractivity contribution in [1.82, 2.24) is 0 Å². The van der Waals surface area contributed by atoms with Crippen LogP contribution in [0.2, 0.25) is 0 Å². The summed E-state index contributed by atoms with van der Waals surface area (Å²) in [5.74, 6) is -1.39. The van der Waals surface area contributed by atoms with Gasteiger partial charge < -0.3 is 14.8 Å². The van der Waals surface area contributed by atoms with Crippen molar-refractivity contribution in [3.63, 3.8) is 0 Å². The lowest BCUT2D eigenvalue weighted by atomic mass is 10.1. The molecule has 0 atom stereocenters. The number of alkyl halides is 3. The number of halogens is 4. The summed E-state index contributed by atoms with van der Waals surface area (Å²) in [6.45, 7) is 1.41. The van der Waals surface area contributed by atoms with Crippen LogP contribution in [0.5, 0.6) is 5.75 Å². The highest BCUT2D eigenvalue weighted by atomic mass is 19.4. The first-order valence-electron chi connectivity index (χ1n) is 10.8. The van der Waals surface area contributed by atoms with Crippen LogP contribution in [-0.2, 0) is 28.9 Å². The largest absolute Gasteiger partial charge is 0.496 e. The van der Waals surface area contributed by atoms with Gasteiger partial charge in [0.1, 0.15) is 11.6 Å². The normalized spacial score (nSPS) is 12.8. The number of anilines is 2. The average molecular weight is 504 g/mol. The van der Waals surface area contributed by atoms with Crippen molar-refractivity contribution in [3.8, 4) is 16.9 Å². The monoisotopic (exact) mass is 504 g/mol. The van der Waals surface area contributed by atoms with Crippen molar-refractivity contribution in [2.45, 2.75) is 26.3 Å². The first-order valence-corrected chi connectivity index (χ1v) is 10.8. The topological polar surface area (TPSA) is 71.8 Å². The lowest BCUT2D eigenvalue weighted by Gasteiger charge is -2.20. The molecular weight excluding hydrogens is 482 g/mol. The van der Waals surface area contributed by atoms with Crippen molar-refractivity contribution in [1.29, 1.82) is 0 Å². The summed E-state index contributed by atoms with van der Waals surface area (Å²) in [7, 11) is 1.16. The molecule has 2 aromatic carbocycles. The van der Waals surface area contributed by atoms with Gasteiger partial charge in [0.25, 0.3) is 6.73 Å². The molecule has 7 nitrogen and oxygen atoms in total. The fraction of sp³-hybridized carbons (Fsp3) is 0.240. The maximum atomic E-state index is 14.4. The van der Waals surface area contributed by atoms with Crippen LogP contribution < -0.4 is 19.5 Å². The van der Waals surface area contributed by atoms with Gasteiger partial charge in [-0.25, -0.2) is 9.18 Å². The first kappa shape index (κ1) is 25.0. The number of hydrogen-bond donors (Lipinski definition) is 1. The quantitative estimate of drug-likeness (QED) is 0.304. The standard InChI is InChI=1S/C25H21F4N3O4/c1-15(33)36-14-31-6-3-4-17(13-31)18-8-19(26)11-20(9-18)30-24(34)32-7-5-16-10-23(35-2)21(12-22(16)32)25(27,28)29/h3-4,6,8-13H,5,7,14H2,1-2H3/p+1. The number of nitrogens with zero attached hydrogens (tertiary/aromatic N) is 2. The fourth-order valence-electron chi connectivity index (χ4n) is 3.97. The Bertz CT molecular complexity index is 1330. The molecule has 0 spiro atoms. The van der Waals surface area contributed by atoms with Gasteiger partial charge in [-0.1, -0.05) is 0 Å². The molecular formula is C25H22F4N3O4+. The number of nitrogens with one attached hydrogen (secondary N) is 1. The predicted octanol–water partition coefficient (Wildman–Crippen LogP) is 4.92. The molecule has 0 saturated carbocycles. The number of pyridine rings is 1. The molecule has 2 amide bonds. The van der Waals surface area contributed by atoms with Crippen LogP contribution in [-0.4, -0.2) is 25.7 Å². The number of fused-ring (bicyclic) bond motifs is 1. The van der Waals surface area contributed by atoms with Crippen LogP contribution in [0.25, 0.3) is 11.1 Å². The Kier molecular flexibility index (Phi) is 6.82.